The highest BCUT2D eigenvalue weighted by Crippen LogP contribution is 2.35. The lowest BCUT2D eigenvalue weighted by Gasteiger charge is -2.28. The van der Waals surface area contributed by atoms with E-state index in [4.69, 9.17) is 4.74 Å². The van der Waals surface area contributed by atoms with Gasteiger partial charge >= 0.3 is 0 Å². The zero-order valence-corrected chi connectivity index (χ0v) is 13.9. The van der Waals surface area contributed by atoms with Crippen molar-refractivity contribution in [3.05, 3.63) is 58.3 Å². The number of ether oxygens (including phenoxy) is 1. The molecule has 2 aromatic carbocycles. The van der Waals surface area contributed by atoms with Crippen molar-refractivity contribution in [1.29, 1.82) is 0 Å². The molecule has 0 unspecified atom stereocenters. The van der Waals surface area contributed by atoms with Gasteiger partial charge in [0.05, 0.1) is 12.0 Å². The second-order valence-electron chi connectivity index (χ2n) is 4.87. The van der Waals surface area contributed by atoms with Crippen LogP contribution >= 0.6 is 0 Å². The van der Waals surface area contributed by atoms with E-state index in [2.05, 4.69) is 4.72 Å². The fourth-order valence-corrected chi connectivity index (χ4v) is 3.31. The highest BCUT2D eigenvalue weighted by atomic mass is 32.2. The number of methoxy groups -OCH3 is 1. The molecule has 0 amide bonds. The lowest BCUT2D eigenvalue weighted by Crippen LogP contribution is -2.01. The Kier molecular flexibility index (Phi) is 5.08. The first-order valence-corrected chi connectivity index (χ1v) is 8.68. The van der Waals surface area contributed by atoms with Gasteiger partial charge in [-0.1, -0.05) is 43.2 Å². The third kappa shape index (κ3) is 3.42. The van der Waals surface area contributed by atoms with Gasteiger partial charge in [-0.05, 0) is 37.1 Å². The quantitative estimate of drug-likeness (QED) is 0.801. The van der Waals surface area contributed by atoms with Crippen molar-refractivity contribution in [2.45, 2.75) is 31.6 Å². The van der Waals surface area contributed by atoms with E-state index >= 15 is 0 Å². The molecule has 0 atom stereocenters. The van der Waals surface area contributed by atoms with E-state index in [9.17, 15) is 8.42 Å². The van der Waals surface area contributed by atoms with Crippen LogP contribution in [0.5, 0.6) is 5.75 Å². The minimum absolute atomic E-state index is 0.168. The summed E-state index contributed by atoms with van der Waals surface area (Å²) in [5, 5.41) is 0. The molecule has 0 saturated carbocycles. The molecule has 0 aliphatic carbocycles. The summed E-state index contributed by atoms with van der Waals surface area (Å²) < 4.78 is 34.2. The smallest absolute Gasteiger partial charge is 0.123 e. The molecule has 0 saturated heterocycles. The largest absolute Gasteiger partial charge is 0.572 e. The molecule has 22 heavy (non-hydrogen) atoms. The maximum atomic E-state index is 12.5. The molecular weight excluding hydrogens is 298 g/mol. The number of sulfonamides is 1. The molecular formula is C17H20NO3S-. The van der Waals surface area contributed by atoms with E-state index in [1.54, 1.807) is 19.2 Å². The SMILES string of the molecule is CCc1cccc(CC)c1[N-]S(=O)(=O)c1ccc(OC)cc1. The second kappa shape index (κ2) is 6.83. The Morgan fingerprint density at radius 2 is 1.50 bits per heavy atom. The van der Waals surface area contributed by atoms with Crippen molar-refractivity contribution in [1.82, 2.24) is 0 Å². The van der Waals surface area contributed by atoms with Crippen LogP contribution in [-0.4, -0.2) is 15.5 Å². The molecule has 2 rings (SSSR count). The molecule has 2 aromatic rings. The minimum atomic E-state index is -3.73. The van der Waals surface area contributed by atoms with Gasteiger partial charge in [-0.2, -0.15) is 0 Å². The van der Waals surface area contributed by atoms with Gasteiger partial charge in [0, 0.05) is 0 Å². The molecule has 118 valence electrons. The van der Waals surface area contributed by atoms with E-state index < -0.39 is 10.0 Å². The van der Waals surface area contributed by atoms with E-state index in [1.807, 2.05) is 32.0 Å². The number of aryl methyl sites for hydroxylation is 2. The molecule has 0 spiro atoms. The maximum absolute atomic E-state index is 12.5. The van der Waals surface area contributed by atoms with Crippen LogP contribution in [0.2, 0.25) is 0 Å². The Morgan fingerprint density at radius 1 is 0.955 bits per heavy atom. The summed E-state index contributed by atoms with van der Waals surface area (Å²) >= 11 is 0. The second-order valence-corrected chi connectivity index (χ2v) is 6.48. The van der Waals surface area contributed by atoms with Crippen LogP contribution in [-0.2, 0) is 22.9 Å². The Balaban J connectivity index is 2.40. The first-order valence-electron chi connectivity index (χ1n) is 7.24. The van der Waals surface area contributed by atoms with Crippen molar-refractivity contribution in [2.75, 3.05) is 7.11 Å². The highest BCUT2D eigenvalue weighted by Gasteiger charge is 2.08. The molecule has 0 heterocycles. The Labute approximate surface area is 132 Å². The predicted molar refractivity (Wildman–Crippen MR) is 88.4 cm³/mol. The number of hydrogen-bond acceptors (Lipinski definition) is 3. The molecule has 0 aromatic heterocycles. The third-order valence-corrected chi connectivity index (χ3v) is 4.82. The summed E-state index contributed by atoms with van der Waals surface area (Å²) in [4.78, 5) is 0.168. The monoisotopic (exact) mass is 318 g/mol. The highest BCUT2D eigenvalue weighted by molar-refractivity contribution is 7.94. The van der Waals surface area contributed by atoms with E-state index in [1.165, 1.54) is 12.1 Å². The normalized spacial score (nSPS) is 11.2. The molecule has 5 heteroatoms. The molecule has 0 radical (unpaired) electrons. The molecule has 0 aliphatic heterocycles. The van der Waals surface area contributed by atoms with Crippen LogP contribution in [0.15, 0.2) is 47.4 Å². The van der Waals surface area contributed by atoms with Gasteiger partial charge in [-0.3, -0.25) is 0 Å². The molecule has 0 aliphatic rings. The standard InChI is InChI=1S/C17H20NO3S/c1-4-13-7-6-8-14(5-2)17(13)18-22(19,20)16-11-9-15(21-3)10-12-16/h6-12H,4-5H2,1-3H3/q-1. The summed E-state index contributed by atoms with van der Waals surface area (Å²) in [6.45, 7) is 3.99. The number of rotatable bonds is 6. The van der Waals surface area contributed by atoms with Gasteiger partial charge in [-0.25, -0.2) is 8.42 Å². The zero-order chi connectivity index (χ0) is 16.2. The molecule has 0 N–H and O–H groups in total. The van der Waals surface area contributed by atoms with Crippen LogP contribution < -0.4 is 4.74 Å². The fraction of sp³-hybridized carbons (Fsp3) is 0.294. The van der Waals surface area contributed by atoms with E-state index in [-0.39, 0.29) is 4.90 Å². The maximum Gasteiger partial charge on any atom is 0.123 e. The lowest BCUT2D eigenvalue weighted by molar-refractivity contribution is 0.414. The van der Waals surface area contributed by atoms with Crippen LogP contribution in [0.25, 0.3) is 4.72 Å². The first kappa shape index (κ1) is 16.4. The van der Waals surface area contributed by atoms with Gasteiger partial charge in [0.25, 0.3) is 0 Å². The van der Waals surface area contributed by atoms with Gasteiger partial charge in [0.1, 0.15) is 15.8 Å². The third-order valence-electron chi connectivity index (χ3n) is 3.53. The summed E-state index contributed by atoms with van der Waals surface area (Å²) in [7, 11) is -2.19. The molecule has 0 bridgehead atoms. The first-order chi connectivity index (χ1) is 10.5. The molecule has 0 fully saturated rings. The zero-order valence-electron chi connectivity index (χ0n) is 13.0. The van der Waals surface area contributed by atoms with Crippen LogP contribution in [0.4, 0.5) is 5.69 Å². The number of benzene rings is 2. The van der Waals surface area contributed by atoms with Crippen molar-refractivity contribution in [3.63, 3.8) is 0 Å². The van der Waals surface area contributed by atoms with Crippen LogP contribution in [0, 0.1) is 0 Å². The Hall–Kier alpha value is -2.01. The lowest BCUT2D eigenvalue weighted by atomic mass is 10.0. The van der Waals surface area contributed by atoms with E-state index in [0.29, 0.717) is 11.4 Å². The van der Waals surface area contributed by atoms with Crippen molar-refractivity contribution < 1.29 is 13.2 Å². The van der Waals surface area contributed by atoms with Crippen LogP contribution in [0.1, 0.15) is 25.0 Å². The topological polar surface area (TPSA) is 57.5 Å². The van der Waals surface area contributed by atoms with Gasteiger partial charge in [0.2, 0.25) is 0 Å². The average molecular weight is 318 g/mol. The summed E-state index contributed by atoms with van der Waals surface area (Å²) in [5.74, 6) is 0.613. The predicted octanol–water partition coefficient (Wildman–Crippen LogP) is 4.21. The number of nitrogens with zero attached hydrogens (tertiary/aromatic N) is 1. The summed E-state index contributed by atoms with van der Waals surface area (Å²) in [6.07, 6.45) is 1.48. The fourth-order valence-electron chi connectivity index (χ4n) is 2.25. The average Bonchev–Trinajstić information content (AvgIpc) is 2.54. The molecule has 4 nitrogen and oxygen atoms in total. The van der Waals surface area contributed by atoms with Crippen molar-refractivity contribution in [2.24, 2.45) is 0 Å². The Morgan fingerprint density at radius 3 is 1.95 bits per heavy atom. The minimum Gasteiger partial charge on any atom is -0.572 e. The van der Waals surface area contributed by atoms with Gasteiger partial charge in [0.15, 0.2) is 0 Å². The summed E-state index contributed by atoms with van der Waals surface area (Å²) in [6, 6.07) is 12.0. The van der Waals surface area contributed by atoms with Crippen LogP contribution in [0.3, 0.4) is 0 Å². The Bertz CT molecular complexity index is 715. The number of hydrogen-bond donors (Lipinski definition) is 0. The van der Waals surface area contributed by atoms with Crippen molar-refractivity contribution >= 4 is 15.7 Å². The van der Waals surface area contributed by atoms with Crippen molar-refractivity contribution in [3.8, 4) is 5.75 Å². The summed E-state index contributed by atoms with van der Waals surface area (Å²) in [5.41, 5.74) is 2.45. The van der Waals surface area contributed by atoms with Gasteiger partial charge in [-0.15, -0.1) is 5.69 Å². The van der Waals surface area contributed by atoms with E-state index in [0.717, 1.165) is 24.0 Å². The van der Waals surface area contributed by atoms with Gasteiger partial charge < -0.3 is 9.46 Å².